The first-order valence-electron chi connectivity index (χ1n) is 9.44. The lowest BCUT2D eigenvalue weighted by Crippen LogP contribution is -2.28. The molecule has 1 heterocycles. The molecule has 7 heteroatoms. The normalized spacial score (nSPS) is 22.4. The van der Waals surface area contributed by atoms with Gasteiger partial charge in [0, 0.05) is 7.05 Å². The van der Waals surface area contributed by atoms with E-state index in [-0.39, 0.29) is 29.1 Å². The number of ether oxygens (including phenoxy) is 1. The third kappa shape index (κ3) is 3.17. The summed E-state index contributed by atoms with van der Waals surface area (Å²) in [5, 5.41) is 2.61. The summed E-state index contributed by atoms with van der Waals surface area (Å²) in [5.41, 5.74) is 1.18. The quantitative estimate of drug-likeness (QED) is 0.636. The molecule has 1 N–H and O–H groups in total. The van der Waals surface area contributed by atoms with Crippen molar-refractivity contribution in [3.63, 3.8) is 0 Å². The Bertz CT molecular complexity index is 1000. The molecule has 1 amide bonds. The van der Waals surface area contributed by atoms with Gasteiger partial charge in [-0.15, -0.1) is 0 Å². The van der Waals surface area contributed by atoms with Crippen LogP contribution in [0.4, 0.5) is 5.69 Å². The minimum absolute atomic E-state index is 0.156. The second-order valence-electron chi connectivity index (χ2n) is 7.48. The maximum Gasteiger partial charge on any atom is 0.310 e. The van der Waals surface area contributed by atoms with Crippen LogP contribution < -0.4 is 10.9 Å². The van der Waals surface area contributed by atoms with Crippen LogP contribution in [-0.2, 0) is 21.4 Å². The van der Waals surface area contributed by atoms with Crippen molar-refractivity contribution in [2.75, 3.05) is 11.9 Å². The fraction of sp³-hybridized carbons (Fsp3) is 0.381. The van der Waals surface area contributed by atoms with Crippen molar-refractivity contribution in [3.05, 3.63) is 58.5 Å². The van der Waals surface area contributed by atoms with Crippen molar-refractivity contribution in [1.29, 1.82) is 0 Å². The predicted octanol–water partition coefficient (Wildman–Crippen LogP) is 2.18. The number of esters is 1. The standard InChI is InChI=1S/C21H23N3O4/c1-13-19(20(26)24(23(13)2)16-6-4-3-5-7-16)22-18(25)12-28-21(27)17-11-14-8-9-15(17)10-14/h3-9,14-15,17H,10-12H2,1-2H3,(H,22,25)/t14-,15+,17-/m1/s1. The number of hydrogen-bond acceptors (Lipinski definition) is 4. The summed E-state index contributed by atoms with van der Waals surface area (Å²) in [4.78, 5) is 37.3. The van der Waals surface area contributed by atoms with E-state index in [2.05, 4.69) is 17.5 Å². The summed E-state index contributed by atoms with van der Waals surface area (Å²) in [7, 11) is 1.75. The van der Waals surface area contributed by atoms with E-state index < -0.39 is 12.5 Å². The number of hydrogen-bond donors (Lipinski definition) is 1. The Morgan fingerprint density at radius 1 is 1.18 bits per heavy atom. The van der Waals surface area contributed by atoms with Crippen LogP contribution in [-0.4, -0.2) is 27.8 Å². The van der Waals surface area contributed by atoms with Gasteiger partial charge in [0.15, 0.2) is 6.61 Å². The molecule has 7 nitrogen and oxygen atoms in total. The van der Waals surface area contributed by atoms with Crippen LogP contribution in [0, 0.1) is 24.7 Å². The van der Waals surface area contributed by atoms with Gasteiger partial charge in [-0.2, -0.15) is 0 Å². The zero-order valence-corrected chi connectivity index (χ0v) is 15.9. The molecule has 3 atom stereocenters. The predicted molar refractivity (Wildman–Crippen MR) is 104 cm³/mol. The zero-order chi connectivity index (χ0) is 19.8. The topological polar surface area (TPSA) is 82.3 Å². The Morgan fingerprint density at radius 2 is 1.93 bits per heavy atom. The van der Waals surface area contributed by atoms with E-state index in [0.29, 0.717) is 17.3 Å². The van der Waals surface area contributed by atoms with Gasteiger partial charge in [-0.1, -0.05) is 30.4 Å². The molecule has 0 radical (unpaired) electrons. The fourth-order valence-corrected chi connectivity index (χ4v) is 4.18. The number of anilines is 1. The molecule has 2 aliphatic rings. The zero-order valence-electron chi connectivity index (χ0n) is 15.9. The van der Waals surface area contributed by atoms with Gasteiger partial charge in [0.2, 0.25) is 0 Å². The fourth-order valence-electron chi connectivity index (χ4n) is 4.18. The number of aromatic nitrogens is 2. The van der Waals surface area contributed by atoms with Gasteiger partial charge in [-0.3, -0.25) is 19.1 Å². The molecule has 2 bridgehead atoms. The van der Waals surface area contributed by atoms with E-state index in [4.69, 9.17) is 4.74 Å². The molecule has 1 aromatic heterocycles. The van der Waals surface area contributed by atoms with Gasteiger partial charge in [-0.25, -0.2) is 4.68 Å². The maximum absolute atomic E-state index is 12.8. The molecular weight excluding hydrogens is 358 g/mol. The van der Waals surface area contributed by atoms with Gasteiger partial charge in [0.1, 0.15) is 5.69 Å². The van der Waals surface area contributed by atoms with Crippen molar-refractivity contribution < 1.29 is 14.3 Å². The number of allylic oxidation sites excluding steroid dienone is 2. The molecule has 146 valence electrons. The van der Waals surface area contributed by atoms with Crippen LogP contribution in [0.2, 0.25) is 0 Å². The Labute approximate surface area is 162 Å². The molecular formula is C21H23N3O4. The highest BCUT2D eigenvalue weighted by Crippen LogP contribution is 2.43. The van der Waals surface area contributed by atoms with E-state index in [9.17, 15) is 14.4 Å². The summed E-state index contributed by atoms with van der Waals surface area (Å²) in [5.74, 6) is -0.317. The summed E-state index contributed by atoms with van der Waals surface area (Å²) >= 11 is 0. The van der Waals surface area contributed by atoms with E-state index in [1.54, 1.807) is 18.7 Å². The monoisotopic (exact) mass is 381 g/mol. The van der Waals surface area contributed by atoms with E-state index in [0.717, 1.165) is 12.8 Å². The largest absolute Gasteiger partial charge is 0.455 e. The second-order valence-corrected chi connectivity index (χ2v) is 7.48. The average molecular weight is 381 g/mol. The number of para-hydroxylation sites is 1. The van der Waals surface area contributed by atoms with Crippen molar-refractivity contribution in [2.24, 2.45) is 24.8 Å². The second kappa shape index (κ2) is 7.14. The lowest BCUT2D eigenvalue weighted by atomic mass is 9.94. The highest BCUT2D eigenvalue weighted by molar-refractivity contribution is 5.93. The maximum atomic E-state index is 12.8. The van der Waals surface area contributed by atoms with Crippen LogP contribution >= 0.6 is 0 Å². The number of carbonyl (C=O) groups excluding carboxylic acids is 2. The Hall–Kier alpha value is -3.09. The van der Waals surface area contributed by atoms with Crippen molar-refractivity contribution in [2.45, 2.75) is 19.8 Å². The first-order valence-corrected chi connectivity index (χ1v) is 9.44. The molecule has 1 aromatic carbocycles. The third-order valence-electron chi connectivity index (χ3n) is 5.75. The number of nitrogens with zero attached hydrogens (tertiary/aromatic N) is 2. The van der Waals surface area contributed by atoms with Crippen molar-refractivity contribution >= 4 is 17.6 Å². The molecule has 0 saturated heterocycles. The number of nitrogens with one attached hydrogen (secondary N) is 1. The van der Waals surface area contributed by atoms with Crippen LogP contribution in [0.5, 0.6) is 0 Å². The van der Waals surface area contributed by atoms with Gasteiger partial charge >= 0.3 is 5.97 Å². The van der Waals surface area contributed by atoms with Crippen LogP contribution in [0.15, 0.2) is 47.3 Å². The molecule has 1 saturated carbocycles. The van der Waals surface area contributed by atoms with E-state index in [1.165, 1.54) is 4.68 Å². The molecule has 1 fully saturated rings. The highest BCUT2D eigenvalue weighted by Gasteiger charge is 2.40. The smallest absolute Gasteiger partial charge is 0.310 e. The van der Waals surface area contributed by atoms with Gasteiger partial charge in [-0.05, 0) is 43.7 Å². The molecule has 0 unspecified atom stereocenters. The Kier molecular flexibility index (Phi) is 4.66. The average Bonchev–Trinajstić information content (AvgIpc) is 3.38. The summed E-state index contributed by atoms with van der Waals surface area (Å²) in [6.07, 6.45) is 6.01. The highest BCUT2D eigenvalue weighted by atomic mass is 16.5. The number of rotatable bonds is 5. The molecule has 0 spiro atoms. The Balaban J connectivity index is 1.43. The summed E-state index contributed by atoms with van der Waals surface area (Å²) in [6, 6.07) is 9.18. The van der Waals surface area contributed by atoms with E-state index >= 15 is 0 Å². The van der Waals surface area contributed by atoms with Crippen LogP contribution in [0.25, 0.3) is 5.69 Å². The number of benzene rings is 1. The first-order chi connectivity index (χ1) is 13.5. The minimum Gasteiger partial charge on any atom is -0.455 e. The van der Waals surface area contributed by atoms with Crippen molar-refractivity contribution in [1.82, 2.24) is 9.36 Å². The first kappa shape index (κ1) is 18.3. The Morgan fingerprint density at radius 3 is 2.57 bits per heavy atom. The van der Waals surface area contributed by atoms with E-state index in [1.807, 2.05) is 30.3 Å². The minimum atomic E-state index is -0.516. The number of fused-ring (bicyclic) bond motifs is 2. The lowest BCUT2D eigenvalue weighted by molar-refractivity contribution is -0.152. The third-order valence-corrected chi connectivity index (χ3v) is 5.75. The SMILES string of the molecule is Cc1c(NC(=O)COC(=O)[C@@H]2C[C@@H]3C=C[C@H]2C3)c(=O)n(-c2ccccc2)n1C. The van der Waals surface area contributed by atoms with Crippen LogP contribution in [0.3, 0.4) is 0 Å². The van der Waals surface area contributed by atoms with Gasteiger partial charge < -0.3 is 10.1 Å². The van der Waals surface area contributed by atoms with Crippen LogP contribution in [0.1, 0.15) is 18.5 Å². The van der Waals surface area contributed by atoms with Crippen molar-refractivity contribution in [3.8, 4) is 5.69 Å². The molecule has 4 rings (SSSR count). The van der Waals surface area contributed by atoms with Gasteiger partial charge in [0.05, 0.1) is 17.3 Å². The molecule has 2 aliphatic carbocycles. The van der Waals surface area contributed by atoms with Gasteiger partial charge in [0.25, 0.3) is 11.5 Å². The molecule has 28 heavy (non-hydrogen) atoms. The number of amides is 1. The lowest BCUT2D eigenvalue weighted by Gasteiger charge is -2.16. The summed E-state index contributed by atoms with van der Waals surface area (Å²) in [6.45, 7) is 1.36. The molecule has 0 aliphatic heterocycles. The number of carbonyl (C=O) groups is 2. The molecule has 2 aromatic rings. The summed E-state index contributed by atoms with van der Waals surface area (Å²) < 4.78 is 8.38.